The molecule has 158 valence electrons. The minimum Gasteiger partial charge on any atom is -0.481 e. The average molecular weight is 392 g/mol. The van der Waals surface area contributed by atoms with E-state index in [1.807, 2.05) is 24.3 Å². The number of nitrogens with one attached hydrogen (secondary N) is 1. The molecule has 0 saturated carbocycles. The number of benzene rings is 1. The molecule has 0 heterocycles. The van der Waals surface area contributed by atoms with Crippen LogP contribution < -0.4 is 5.32 Å². The van der Waals surface area contributed by atoms with Gasteiger partial charge in [-0.25, -0.2) is 0 Å². The molecule has 1 rings (SSSR count). The van der Waals surface area contributed by atoms with Gasteiger partial charge in [-0.1, -0.05) is 63.3 Å². The molecule has 0 radical (unpaired) electrons. The van der Waals surface area contributed by atoms with Gasteiger partial charge in [0, 0.05) is 19.4 Å². The zero-order valence-corrected chi connectivity index (χ0v) is 17.3. The Bertz CT molecular complexity index is 556. The van der Waals surface area contributed by atoms with Crippen molar-refractivity contribution in [1.29, 1.82) is 0 Å². The van der Waals surface area contributed by atoms with E-state index < -0.39 is 5.97 Å². The van der Waals surface area contributed by atoms with E-state index in [0.29, 0.717) is 19.4 Å². The van der Waals surface area contributed by atoms with Crippen molar-refractivity contribution in [3.8, 4) is 0 Å². The van der Waals surface area contributed by atoms with Gasteiger partial charge in [0.2, 0.25) is 5.91 Å². The lowest BCUT2D eigenvalue weighted by atomic mass is 10.00. The standard InChI is InChI=1S/C23H37NO4/c1-2-3-6-11-21(25)20-16-14-19(15-17-20)10-9-12-22(26)24-18-8-5-4-7-13-23(27)28/h14-17,21,25H,2-13,18H2,1H3,(H,24,26)(H,27,28). The molecule has 0 saturated heterocycles. The van der Waals surface area contributed by atoms with Crippen molar-refractivity contribution in [2.75, 3.05) is 6.54 Å². The van der Waals surface area contributed by atoms with E-state index in [9.17, 15) is 14.7 Å². The van der Waals surface area contributed by atoms with E-state index in [0.717, 1.165) is 63.4 Å². The smallest absolute Gasteiger partial charge is 0.303 e. The SMILES string of the molecule is CCCCCC(O)c1ccc(CCCC(=O)NCCCCCCC(=O)O)cc1. The summed E-state index contributed by atoms with van der Waals surface area (Å²) in [6.07, 6.45) is 9.65. The van der Waals surface area contributed by atoms with Crippen molar-refractivity contribution >= 4 is 11.9 Å². The van der Waals surface area contributed by atoms with Gasteiger partial charge in [-0.3, -0.25) is 9.59 Å². The zero-order chi connectivity index (χ0) is 20.6. The van der Waals surface area contributed by atoms with Crippen molar-refractivity contribution in [3.05, 3.63) is 35.4 Å². The maximum Gasteiger partial charge on any atom is 0.303 e. The first kappa shape index (κ1) is 24.2. The monoisotopic (exact) mass is 391 g/mol. The Morgan fingerprint density at radius 3 is 2.32 bits per heavy atom. The zero-order valence-electron chi connectivity index (χ0n) is 17.3. The summed E-state index contributed by atoms with van der Waals surface area (Å²) in [5, 5.41) is 21.7. The molecular weight excluding hydrogens is 354 g/mol. The average Bonchev–Trinajstić information content (AvgIpc) is 2.67. The fourth-order valence-corrected chi connectivity index (χ4v) is 3.18. The van der Waals surface area contributed by atoms with Crippen molar-refractivity contribution in [2.24, 2.45) is 0 Å². The Balaban J connectivity index is 2.11. The second-order valence-electron chi connectivity index (χ2n) is 7.51. The molecule has 0 aliphatic rings. The Labute approximate surface area is 169 Å². The normalized spacial score (nSPS) is 11.9. The number of hydrogen-bond acceptors (Lipinski definition) is 3. The number of hydrogen-bond donors (Lipinski definition) is 3. The summed E-state index contributed by atoms with van der Waals surface area (Å²) in [5.74, 6) is -0.667. The minimum absolute atomic E-state index is 0.0773. The summed E-state index contributed by atoms with van der Waals surface area (Å²) in [4.78, 5) is 22.3. The fourth-order valence-electron chi connectivity index (χ4n) is 3.18. The Kier molecular flexibility index (Phi) is 13.0. The number of aliphatic hydroxyl groups excluding tert-OH is 1. The summed E-state index contributed by atoms with van der Waals surface area (Å²) in [6, 6.07) is 8.09. The highest BCUT2D eigenvalue weighted by Gasteiger charge is 2.07. The van der Waals surface area contributed by atoms with Gasteiger partial charge in [0.1, 0.15) is 0 Å². The van der Waals surface area contributed by atoms with Gasteiger partial charge in [0.05, 0.1) is 6.10 Å². The molecule has 5 nitrogen and oxygen atoms in total. The Morgan fingerprint density at radius 2 is 1.64 bits per heavy atom. The largest absolute Gasteiger partial charge is 0.481 e. The summed E-state index contributed by atoms with van der Waals surface area (Å²) in [6.45, 7) is 2.82. The molecule has 0 fully saturated rings. The maximum absolute atomic E-state index is 11.9. The number of aliphatic carboxylic acids is 1. The van der Waals surface area contributed by atoms with Crippen LogP contribution in [-0.4, -0.2) is 28.6 Å². The number of carboxylic acids is 1. The number of aliphatic hydroxyl groups is 1. The van der Waals surface area contributed by atoms with Crippen LogP contribution in [-0.2, 0) is 16.0 Å². The van der Waals surface area contributed by atoms with Crippen molar-refractivity contribution in [1.82, 2.24) is 5.32 Å². The van der Waals surface area contributed by atoms with Gasteiger partial charge in [0.15, 0.2) is 0 Å². The molecule has 0 aliphatic heterocycles. The van der Waals surface area contributed by atoms with Crippen molar-refractivity contribution in [3.63, 3.8) is 0 Å². The van der Waals surface area contributed by atoms with Crippen molar-refractivity contribution < 1.29 is 19.8 Å². The lowest BCUT2D eigenvalue weighted by Gasteiger charge is -2.11. The van der Waals surface area contributed by atoms with Gasteiger partial charge in [-0.05, 0) is 43.2 Å². The summed E-state index contributed by atoms with van der Waals surface area (Å²) in [7, 11) is 0. The molecule has 0 aliphatic carbocycles. The van der Waals surface area contributed by atoms with Crippen LogP contribution in [0, 0.1) is 0 Å². The molecule has 1 aromatic rings. The van der Waals surface area contributed by atoms with Crippen LogP contribution in [0.4, 0.5) is 0 Å². The predicted molar refractivity (Wildman–Crippen MR) is 112 cm³/mol. The second kappa shape index (κ2) is 15.1. The first-order valence-corrected chi connectivity index (χ1v) is 10.8. The van der Waals surface area contributed by atoms with Gasteiger partial charge < -0.3 is 15.5 Å². The third kappa shape index (κ3) is 11.8. The van der Waals surface area contributed by atoms with Gasteiger partial charge >= 0.3 is 5.97 Å². The molecule has 0 aromatic heterocycles. The van der Waals surface area contributed by atoms with Crippen LogP contribution in [0.5, 0.6) is 0 Å². The summed E-state index contributed by atoms with van der Waals surface area (Å²) < 4.78 is 0. The molecule has 0 spiro atoms. The van der Waals surface area contributed by atoms with Gasteiger partial charge in [0.25, 0.3) is 0 Å². The third-order valence-corrected chi connectivity index (χ3v) is 4.95. The topological polar surface area (TPSA) is 86.6 Å². The Morgan fingerprint density at radius 1 is 0.929 bits per heavy atom. The van der Waals surface area contributed by atoms with Crippen LogP contribution in [0.15, 0.2) is 24.3 Å². The Hall–Kier alpha value is -1.88. The second-order valence-corrected chi connectivity index (χ2v) is 7.51. The molecule has 0 bridgehead atoms. The van der Waals surface area contributed by atoms with E-state index in [1.54, 1.807) is 0 Å². The lowest BCUT2D eigenvalue weighted by Crippen LogP contribution is -2.24. The first-order chi connectivity index (χ1) is 13.5. The van der Waals surface area contributed by atoms with Gasteiger partial charge in [-0.2, -0.15) is 0 Å². The quantitative estimate of drug-likeness (QED) is 0.354. The molecule has 5 heteroatoms. The maximum atomic E-state index is 11.9. The van der Waals surface area contributed by atoms with E-state index in [4.69, 9.17) is 5.11 Å². The summed E-state index contributed by atoms with van der Waals surface area (Å²) in [5.41, 5.74) is 2.16. The minimum atomic E-state index is -0.744. The number of aryl methyl sites for hydroxylation is 1. The number of rotatable bonds is 16. The van der Waals surface area contributed by atoms with E-state index in [2.05, 4.69) is 12.2 Å². The van der Waals surface area contributed by atoms with Crippen LogP contribution >= 0.6 is 0 Å². The van der Waals surface area contributed by atoms with Crippen molar-refractivity contribution in [2.45, 2.75) is 90.1 Å². The molecule has 1 aromatic carbocycles. The molecule has 1 unspecified atom stereocenters. The molecule has 3 N–H and O–H groups in total. The first-order valence-electron chi connectivity index (χ1n) is 10.8. The van der Waals surface area contributed by atoms with E-state index in [-0.39, 0.29) is 18.4 Å². The third-order valence-electron chi connectivity index (χ3n) is 4.95. The molecule has 1 atom stereocenters. The van der Waals surface area contributed by atoms with Crippen LogP contribution in [0.1, 0.15) is 94.8 Å². The molecular formula is C23H37NO4. The highest BCUT2D eigenvalue weighted by molar-refractivity contribution is 5.75. The number of unbranched alkanes of at least 4 members (excludes halogenated alkanes) is 5. The number of carbonyl (C=O) groups excluding carboxylic acids is 1. The molecule has 28 heavy (non-hydrogen) atoms. The number of carbonyl (C=O) groups is 2. The number of carboxylic acid groups (broad SMARTS) is 1. The fraction of sp³-hybridized carbons (Fsp3) is 0.652. The lowest BCUT2D eigenvalue weighted by molar-refractivity contribution is -0.137. The highest BCUT2D eigenvalue weighted by Crippen LogP contribution is 2.20. The van der Waals surface area contributed by atoms with Gasteiger partial charge in [-0.15, -0.1) is 0 Å². The van der Waals surface area contributed by atoms with E-state index >= 15 is 0 Å². The molecule has 1 amide bonds. The van der Waals surface area contributed by atoms with Crippen LogP contribution in [0.25, 0.3) is 0 Å². The van der Waals surface area contributed by atoms with Crippen LogP contribution in [0.2, 0.25) is 0 Å². The summed E-state index contributed by atoms with van der Waals surface area (Å²) >= 11 is 0. The highest BCUT2D eigenvalue weighted by atomic mass is 16.4. The number of amides is 1. The van der Waals surface area contributed by atoms with E-state index in [1.165, 1.54) is 5.56 Å². The van der Waals surface area contributed by atoms with Crippen LogP contribution in [0.3, 0.4) is 0 Å². The predicted octanol–water partition coefficient (Wildman–Crippen LogP) is 4.77.